The Kier molecular flexibility index (Phi) is 1.91. The molecule has 0 aromatic rings. The predicted molar refractivity (Wildman–Crippen MR) is 47.7 cm³/mol. The van der Waals surface area contributed by atoms with Crippen molar-refractivity contribution in [1.29, 1.82) is 0 Å². The number of alkyl halides is 2. The van der Waals surface area contributed by atoms with Gasteiger partial charge in [-0.1, -0.05) is 11.6 Å². The molecule has 1 saturated heterocycles. The number of amides is 1. The highest BCUT2D eigenvalue weighted by atomic mass is 19.3. The first-order valence-corrected chi connectivity index (χ1v) is 4.75. The fourth-order valence-corrected chi connectivity index (χ4v) is 2.35. The molecule has 1 heterocycles. The van der Waals surface area contributed by atoms with Crippen LogP contribution in [-0.4, -0.2) is 23.9 Å². The van der Waals surface area contributed by atoms with Crippen molar-refractivity contribution in [1.82, 2.24) is 4.90 Å². The largest absolute Gasteiger partial charge is 0.331 e. The van der Waals surface area contributed by atoms with Gasteiger partial charge in [0.15, 0.2) is 0 Å². The van der Waals surface area contributed by atoms with Gasteiger partial charge in [-0.25, -0.2) is 0 Å². The van der Waals surface area contributed by atoms with E-state index in [-0.39, 0.29) is 0 Å². The van der Waals surface area contributed by atoms with Crippen LogP contribution in [-0.2, 0) is 4.79 Å². The van der Waals surface area contributed by atoms with Crippen molar-refractivity contribution in [2.75, 3.05) is 7.05 Å². The van der Waals surface area contributed by atoms with Crippen molar-refractivity contribution < 1.29 is 13.6 Å². The maximum Gasteiger partial charge on any atom is 0.331 e. The summed E-state index contributed by atoms with van der Waals surface area (Å²) in [6.45, 7) is 1.84. The summed E-state index contributed by atoms with van der Waals surface area (Å²) in [5.74, 6) is -1.73. The highest BCUT2D eigenvalue weighted by Crippen LogP contribution is 2.48. The Labute approximate surface area is 81.6 Å². The number of allylic oxidation sites excluding steroid dienone is 2. The molecule has 2 aliphatic rings. The van der Waals surface area contributed by atoms with Crippen LogP contribution in [0.4, 0.5) is 8.78 Å². The molecule has 1 amide bonds. The summed E-state index contributed by atoms with van der Waals surface area (Å²) < 4.78 is 27.2. The molecule has 2 rings (SSSR count). The molecule has 1 aliphatic heterocycles. The van der Waals surface area contributed by atoms with E-state index in [9.17, 15) is 13.6 Å². The Morgan fingerprint density at radius 3 is 2.86 bits per heavy atom. The minimum absolute atomic E-state index is 0.341. The summed E-state index contributed by atoms with van der Waals surface area (Å²) in [6.07, 6.45) is 2.71. The van der Waals surface area contributed by atoms with Crippen LogP contribution >= 0.6 is 0 Å². The molecular weight excluding hydrogens is 188 g/mol. The molecule has 2 atom stereocenters. The lowest BCUT2D eigenvalue weighted by Crippen LogP contribution is -2.38. The third-order valence-corrected chi connectivity index (χ3v) is 3.29. The van der Waals surface area contributed by atoms with Crippen LogP contribution < -0.4 is 0 Å². The van der Waals surface area contributed by atoms with Crippen molar-refractivity contribution in [2.24, 2.45) is 11.8 Å². The van der Waals surface area contributed by atoms with Crippen LogP contribution in [0, 0.1) is 11.8 Å². The second-order valence-corrected chi connectivity index (χ2v) is 4.19. The van der Waals surface area contributed by atoms with Gasteiger partial charge in [0.25, 0.3) is 0 Å². The molecule has 0 bridgehead atoms. The number of nitrogens with zero attached hydrogens (tertiary/aromatic N) is 1. The van der Waals surface area contributed by atoms with Gasteiger partial charge in [0.1, 0.15) is 0 Å². The van der Waals surface area contributed by atoms with Crippen LogP contribution in [0.25, 0.3) is 0 Å². The summed E-state index contributed by atoms with van der Waals surface area (Å²) in [5, 5.41) is 0. The van der Waals surface area contributed by atoms with Crippen LogP contribution in [0.5, 0.6) is 0 Å². The third-order valence-electron chi connectivity index (χ3n) is 3.29. The molecule has 0 aromatic heterocycles. The third kappa shape index (κ3) is 1.09. The number of carbonyl (C=O) groups is 1. The topological polar surface area (TPSA) is 20.3 Å². The van der Waals surface area contributed by atoms with E-state index >= 15 is 0 Å². The van der Waals surface area contributed by atoms with Crippen molar-refractivity contribution in [3.63, 3.8) is 0 Å². The number of halogens is 2. The van der Waals surface area contributed by atoms with Gasteiger partial charge in [-0.15, -0.1) is 0 Å². The quantitative estimate of drug-likeness (QED) is 0.433. The molecular formula is C10H13F2NO. The van der Waals surface area contributed by atoms with Gasteiger partial charge in [0.05, 0.1) is 11.8 Å². The van der Waals surface area contributed by atoms with Crippen LogP contribution in [0.2, 0.25) is 0 Å². The Bertz CT molecular complexity index is 311. The number of rotatable bonds is 0. The predicted octanol–water partition coefficient (Wildman–Crippen LogP) is 2.02. The van der Waals surface area contributed by atoms with Gasteiger partial charge in [0, 0.05) is 7.05 Å². The van der Waals surface area contributed by atoms with Gasteiger partial charge < -0.3 is 0 Å². The fraction of sp³-hybridized carbons (Fsp3) is 0.700. The molecule has 78 valence electrons. The van der Waals surface area contributed by atoms with Crippen LogP contribution in [0.1, 0.15) is 19.8 Å². The lowest BCUT2D eigenvalue weighted by Gasteiger charge is -2.27. The second kappa shape index (κ2) is 2.78. The van der Waals surface area contributed by atoms with Crippen molar-refractivity contribution in [3.05, 3.63) is 11.6 Å². The molecule has 14 heavy (non-hydrogen) atoms. The van der Waals surface area contributed by atoms with Crippen molar-refractivity contribution in [3.8, 4) is 0 Å². The summed E-state index contributed by atoms with van der Waals surface area (Å²) >= 11 is 0. The van der Waals surface area contributed by atoms with Gasteiger partial charge in [-0.2, -0.15) is 8.78 Å². The average molecular weight is 201 g/mol. The maximum atomic E-state index is 13.6. The van der Waals surface area contributed by atoms with Gasteiger partial charge in [-0.05, 0) is 19.8 Å². The van der Waals surface area contributed by atoms with Crippen LogP contribution in [0.15, 0.2) is 11.6 Å². The van der Waals surface area contributed by atoms with Crippen LogP contribution in [0.3, 0.4) is 0 Å². The second-order valence-electron chi connectivity index (χ2n) is 4.19. The van der Waals surface area contributed by atoms with E-state index < -0.39 is 23.8 Å². The number of hydrogen-bond acceptors (Lipinski definition) is 1. The lowest BCUT2D eigenvalue weighted by atomic mass is 9.81. The molecule has 2 nitrogen and oxygen atoms in total. The van der Waals surface area contributed by atoms with Crippen molar-refractivity contribution in [2.45, 2.75) is 25.8 Å². The highest BCUT2D eigenvalue weighted by Gasteiger charge is 2.59. The smallest absolute Gasteiger partial charge is 0.286 e. The summed E-state index contributed by atoms with van der Waals surface area (Å²) in [7, 11) is 1.19. The molecule has 0 aromatic carbocycles. The molecule has 1 fully saturated rings. The zero-order valence-electron chi connectivity index (χ0n) is 8.26. The molecule has 4 heteroatoms. The zero-order chi connectivity index (χ0) is 10.5. The maximum absolute atomic E-state index is 13.6. The van der Waals surface area contributed by atoms with E-state index in [1.165, 1.54) is 7.05 Å². The Hall–Kier alpha value is -0.930. The van der Waals surface area contributed by atoms with E-state index in [0.29, 0.717) is 17.7 Å². The monoisotopic (exact) mass is 201 g/mol. The first kappa shape index (κ1) is 9.62. The Morgan fingerprint density at radius 2 is 2.21 bits per heavy atom. The Morgan fingerprint density at radius 1 is 1.57 bits per heavy atom. The van der Waals surface area contributed by atoms with Gasteiger partial charge in [0.2, 0.25) is 5.91 Å². The minimum Gasteiger partial charge on any atom is -0.286 e. The molecule has 2 unspecified atom stereocenters. The van der Waals surface area contributed by atoms with E-state index in [0.717, 1.165) is 5.57 Å². The number of likely N-dealkylation sites (tertiary alicyclic amines) is 1. The molecule has 1 aliphatic carbocycles. The SMILES string of the molecule is CC1=CCC2C(=O)N(C)C(F)(F)C2C1. The summed E-state index contributed by atoms with van der Waals surface area (Å²) in [5.41, 5.74) is 0.967. The van der Waals surface area contributed by atoms with E-state index in [1.807, 2.05) is 13.0 Å². The lowest BCUT2D eigenvalue weighted by molar-refractivity contribution is -0.160. The fourth-order valence-electron chi connectivity index (χ4n) is 2.35. The first-order valence-electron chi connectivity index (χ1n) is 4.75. The first-order chi connectivity index (χ1) is 6.44. The molecule has 0 saturated carbocycles. The zero-order valence-corrected chi connectivity index (χ0v) is 8.26. The van der Waals surface area contributed by atoms with E-state index in [1.54, 1.807) is 0 Å². The Balaban J connectivity index is 2.35. The molecule has 0 spiro atoms. The van der Waals surface area contributed by atoms with E-state index in [4.69, 9.17) is 0 Å². The number of carbonyl (C=O) groups excluding carboxylic acids is 1. The molecule has 0 radical (unpaired) electrons. The molecule has 0 N–H and O–H groups in total. The van der Waals surface area contributed by atoms with Gasteiger partial charge >= 0.3 is 6.05 Å². The number of hydrogen-bond donors (Lipinski definition) is 0. The normalized spacial score (nSPS) is 35.6. The minimum atomic E-state index is -2.96. The van der Waals surface area contributed by atoms with Crippen molar-refractivity contribution >= 4 is 5.91 Å². The standard InChI is InChI=1S/C10H13F2NO/c1-6-3-4-7-8(5-6)10(11,12)13(2)9(7)14/h3,7-8H,4-5H2,1-2H3. The van der Waals surface area contributed by atoms with Gasteiger partial charge in [-0.3, -0.25) is 9.69 Å². The summed E-state index contributed by atoms with van der Waals surface area (Å²) in [4.78, 5) is 12.1. The highest BCUT2D eigenvalue weighted by molar-refractivity contribution is 5.82. The average Bonchev–Trinajstić information content (AvgIpc) is 2.29. The summed E-state index contributed by atoms with van der Waals surface area (Å²) in [6, 6.07) is -2.96. The van der Waals surface area contributed by atoms with E-state index in [2.05, 4.69) is 0 Å². The number of fused-ring (bicyclic) bond motifs is 1.